The van der Waals surface area contributed by atoms with Crippen molar-refractivity contribution < 1.29 is 0 Å². The predicted octanol–water partition coefficient (Wildman–Crippen LogP) is 4.12. The second-order valence-corrected chi connectivity index (χ2v) is 5.90. The van der Waals surface area contributed by atoms with Crippen molar-refractivity contribution in [2.45, 2.75) is 39.2 Å². The molecular formula is C14H20BrN. The van der Waals surface area contributed by atoms with Gasteiger partial charge in [0.25, 0.3) is 0 Å². The SMILES string of the molecule is CCCC1(CNCc2ccc(Br)cc2)CC1. The van der Waals surface area contributed by atoms with E-state index < -0.39 is 0 Å². The smallest absolute Gasteiger partial charge is 0.0205 e. The molecule has 0 radical (unpaired) electrons. The molecule has 1 N–H and O–H groups in total. The van der Waals surface area contributed by atoms with Gasteiger partial charge in [-0.25, -0.2) is 0 Å². The van der Waals surface area contributed by atoms with Crippen LogP contribution in [0.3, 0.4) is 0 Å². The van der Waals surface area contributed by atoms with Gasteiger partial charge in [0, 0.05) is 17.6 Å². The fourth-order valence-corrected chi connectivity index (χ4v) is 2.56. The lowest BCUT2D eigenvalue weighted by Gasteiger charge is -2.14. The molecule has 0 atom stereocenters. The maximum absolute atomic E-state index is 3.59. The van der Waals surface area contributed by atoms with Gasteiger partial charge in [-0.05, 0) is 42.4 Å². The van der Waals surface area contributed by atoms with Crippen molar-refractivity contribution in [3.05, 3.63) is 34.3 Å². The van der Waals surface area contributed by atoms with Gasteiger partial charge in [-0.2, -0.15) is 0 Å². The lowest BCUT2D eigenvalue weighted by atomic mass is 10.0. The van der Waals surface area contributed by atoms with E-state index in [-0.39, 0.29) is 0 Å². The van der Waals surface area contributed by atoms with Crippen LogP contribution in [0.1, 0.15) is 38.2 Å². The zero-order chi connectivity index (χ0) is 11.4. The van der Waals surface area contributed by atoms with Crippen LogP contribution in [0.15, 0.2) is 28.7 Å². The highest BCUT2D eigenvalue weighted by Crippen LogP contribution is 2.48. The van der Waals surface area contributed by atoms with Crippen LogP contribution in [0.4, 0.5) is 0 Å². The minimum atomic E-state index is 0.657. The van der Waals surface area contributed by atoms with Gasteiger partial charge in [0.2, 0.25) is 0 Å². The van der Waals surface area contributed by atoms with Crippen molar-refractivity contribution in [1.29, 1.82) is 0 Å². The van der Waals surface area contributed by atoms with Gasteiger partial charge in [0.05, 0.1) is 0 Å². The van der Waals surface area contributed by atoms with Crippen LogP contribution in [-0.2, 0) is 6.54 Å². The summed E-state index contributed by atoms with van der Waals surface area (Å²) in [5.41, 5.74) is 2.03. The Bertz CT molecular complexity index is 327. The standard InChI is InChI=1S/C14H20BrN/c1-2-7-14(8-9-14)11-16-10-12-3-5-13(15)6-4-12/h3-6,16H,2,7-11H2,1H3. The van der Waals surface area contributed by atoms with Gasteiger partial charge < -0.3 is 5.32 Å². The summed E-state index contributed by atoms with van der Waals surface area (Å²) in [5, 5.41) is 3.59. The fraction of sp³-hybridized carbons (Fsp3) is 0.571. The Morgan fingerprint density at radius 2 is 1.94 bits per heavy atom. The molecule has 1 fully saturated rings. The molecule has 0 spiro atoms. The van der Waals surface area contributed by atoms with Crippen molar-refractivity contribution in [2.75, 3.05) is 6.54 Å². The molecule has 0 aromatic heterocycles. The molecule has 1 aromatic carbocycles. The lowest BCUT2D eigenvalue weighted by molar-refractivity contribution is 0.421. The van der Waals surface area contributed by atoms with Crippen LogP contribution in [0.5, 0.6) is 0 Å². The fourth-order valence-electron chi connectivity index (χ4n) is 2.30. The summed E-state index contributed by atoms with van der Waals surface area (Å²) >= 11 is 3.46. The van der Waals surface area contributed by atoms with Crippen LogP contribution < -0.4 is 5.32 Å². The molecule has 0 unspecified atom stereocenters. The zero-order valence-electron chi connectivity index (χ0n) is 9.93. The second-order valence-electron chi connectivity index (χ2n) is 4.98. The lowest BCUT2D eigenvalue weighted by Crippen LogP contribution is -2.23. The van der Waals surface area contributed by atoms with Crippen molar-refractivity contribution in [3.8, 4) is 0 Å². The first-order valence-corrected chi connectivity index (χ1v) is 6.99. The van der Waals surface area contributed by atoms with E-state index in [1.165, 1.54) is 37.8 Å². The highest BCUT2D eigenvalue weighted by molar-refractivity contribution is 9.10. The van der Waals surface area contributed by atoms with Gasteiger partial charge in [-0.3, -0.25) is 0 Å². The zero-order valence-corrected chi connectivity index (χ0v) is 11.5. The molecule has 1 nitrogen and oxygen atoms in total. The average Bonchev–Trinajstić information content (AvgIpc) is 3.02. The summed E-state index contributed by atoms with van der Waals surface area (Å²) in [4.78, 5) is 0. The summed E-state index contributed by atoms with van der Waals surface area (Å²) in [5.74, 6) is 0. The number of halogens is 1. The van der Waals surface area contributed by atoms with E-state index >= 15 is 0 Å². The van der Waals surface area contributed by atoms with E-state index in [9.17, 15) is 0 Å². The van der Waals surface area contributed by atoms with Crippen molar-refractivity contribution >= 4 is 15.9 Å². The van der Waals surface area contributed by atoms with Crippen LogP contribution in [-0.4, -0.2) is 6.54 Å². The second kappa shape index (κ2) is 5.33. The Hall–Kier alpha value is -0.340. The van der Waals surface area contributed by atoms with Gasteiger partial charge in [0.15, 0.2) is 0 Å². The van der Waals surface area contributed by atoms with Crippen LogP contribution in [0.2, 0.25) is 0 Å². The Morgan fingerprint density at radius 3 is 2.50 bits per heavy atom. The predicted molar refractivity (Wildman–Crippen MR) is 72.4 cm³/mol. The summed E-state index contributed by atoms with van der Waals surface area (Å²) in [6, 6.07) is 8.57. The van der Waals surface area contributed by atoms with E-state index in [4.69, 9.17) is 0 Å². The maximum Gasteiger partial charge on any atom is 0.0205 e. The Morgan fingerprint density at radius 1 is 1.25 bits per heavy atom. The molecule has 16 heavy (non-hydrogen) atoms. The number of hydrogen-bond donors (Lipinski definition) is 1. The maximum atomic E-state index is 3.59. The molecule has 1 aromatic rings. The van der Waals surface area contributed by atoms with E-state index in [1.807, 2.05) is 0 Å². The first kappa shape index (κ1) is 12.1. The highest BCUT2D eigenvalue weighted by Gasteiger charge is 2.40. The molecule has 0 amide bonds. The summed E-state index contributed by atoms with van der Waals surface area (Å²) in [6.07, 6.45) is 5.56. The highest BCUT2D eigenvalue weighted by atomic mass is 79.9. The van der Waals surface area contributed by atoms with E-state index in [1.54, 1.807) is 0 Å². The number of hydrogen-bond acceptors (Lipinski definition) is 1. The van der Waals surface area contributed by atoms with E-state index in [0.717, 1.165) is 11.0 Å². The molecule has 1 saturated carbocycles. The number of rotatable bonds is 6. The first-order valence-electron chi connectivity index (χ1n) is 6.19. The van der Waals surface area contributed by atoms with Crippen molar-refractivity contribution in [2.24, 2.45) is 5.41 Å². The topological polar surface area (TPSA) is 12.0 Å². The van der Waals surface area contributed by atoms with Gasteiger partial charge in [0.1, 0.15) is 0 Å². The normalized spacial score (nSPS) is 17.4. The molecule has 88 valence electrons. The quantitative estimate of drug-likeness (QED) is 0.827. The minimum absolute atomic E-state index is 0.657. The number of benzene rings is 1. The van der Waals surface area contributed by atoms with Crippen LogP contribution in [0.25, 0.3) is 0 Å². The average molecular weight is 282 g/mol. The molecule has 0 bridgehead atoms. The molecule has 2 rings (SSSR count). The monoisotopic (exact) mass is 281 g/mol. The third-order valence-corrected chi connectivity index (χ3v) is 4.01. The summed E-state index contributed by atoms with van der Waals surface area (Å²) in [7, 11) is 0. The van der Waals surface area contributed by atoms with Gasteiger partial charge in [-0.1, -0.05) is 41.4 Å². The Balaban J connectivity index is 1.74. The Labute approximate surface area is 107 Å². The molecule has 1 aliphatic rings. The van der Waals surface area contributed by atoms with Gasteiger partial charge in [-0.15, -0.1) is 0 Å². The van der Waals surface area contributed by atoms with Crippen molar-refractivity contribution in [1.82, 2.24) is 5.32 Å². The van der Waals surface area contributed by atoms with E-state index in [0.29, 0.717) is 5.41 Å². The molecule has 1 aliphatic carbocycles. The third kappa shape index (κ3) is 3.33. The molecule has 0 heterocycles. The first-order chi connectivity index (χ1) is 7.74. The van der Waals surface area contributed by atoms with Crippen LogP contribution in [0, 0.1) is 5.41 Å². The molecule has 2 heteroatoms. The molecule has 0 saturated heterocycles. The van der Waals surface area contributed by atoms with Crippen molar-refractivity contribution in [3.63, 3.8) is 0 Å². The molecular weight excluding hydrogens is 262 g/mol. The third-order valence-electron chi connectivity index (χ3n) is 3.48. The Kier molecular flexibility index (Phi) is 4.04. The van der Waals surface area contributed by atoms with E-state index in [2.05, 4.69) is 52.4 Å². The van der Waals surface area contributed by atoms with Crippen LogP contribution >= 0.6 is 15.9 Å². The number of nitrogens with one attached hydrogen (secondary N) is 1. The molecule has 0 aliphatic heterocycles. The summed E-state index contributed by atoms with van der Waals surface area (Å²) < 4.78 is 1.15. The largest absolute Gasteiger partial charge is 0.312 e. The minimum Gasteiger partial charge on any atom is -0.312 e. The van der Waals surface area contributed by atoms with Gasteiger partial charge >= 0.3 is 0 Å². The summed E-state index contributed by atoms with van der Waals surface area (Å²) in [6.45, 7) is 4.48.